The zero-order chi connectivity index (χ0) is 9.98. The third-order valence-corrected chi connectivity index (χ3v) is 0.699. The minimum absolute atomic E-state index is 0.270. The highest BCUT2D eigenvalue weighted by Crippen LogP contribution is 1.89. The largest absolute Gasteiger partial charge is 0.461 e. The Bertz CT molecular complexity index is 153. The molecular weight excluding hydrogens is 154 g/mol. The van der Waals surface area contributed by atoms with Gasteiger partial charge < -0.3 is 10.5 Å². The summed E-state index contributed by atoms with van der Waals surface area (Å²) in [5.74, 6) is -0.375. The number of rotatable bonds is 3. The third-order valence-electron chi connectivity index (χ3n) is 0.699. The predicted molar refractivity (Wildman–Crippen MR) is 50.7 cm³/mol. The summed E-state index contributed by atoms with van der Waals surface area (Å²) in [5.41, 5.74) is 5.48. The first-order valence-electron chi connectivity index (χ1n) is 3.69. The Morgan fingerprint density at radius 2 is 2.08 bits per heavy atom. The van der Waals surface area contributed by atoms with Gasteiger partial charge in [0.15, 0.2) is 0 Å². The lowest BCUT2D eigenvalue weighted by atomic mass is 10.4. The molecule has 0 aliphatic carbocycles. The van der Waals surface area contributed by atoms with E-state index >= 15 is 0 Å². The Morgan fingerprint density at radius 3 is 2.33 bits per heavy atom. The molecular formula is C9H17NO2. The monoisotopic (exact) mass is 171 g/mol. The van der Waals surface area contributed by atoms with Crippen LogP contribution in [-0.2, 0) is 9.53 Å². The Morgan fingerprint density at radius 1 is 1.67 bits per heavy atom. The number of allylic oxidation sites excluding steroid dienone is 1. The summed E-state index contributed by atoms with van der Waals surface area (Å²) < 4.78 is 4.59. The lowest BCUT2D eigenvalue weighted by molar-refractivity contribution is -0.138. The fraction of sp³-hybridized carbons (Fsp3) is 0.444. The molecule has 0 rings (SSSR count). The van der Waals surface area contributed by atoms with E-state index in [1.54, 1.807) is 13.0 Å². The first-order valence-corrected chi connectivity index (χ1v) is 3.69. The molecule has 0 aliphatic rings. The SMILES string of the molecule is C=C(C)C(=O)OCCN.C=CC. The normalized spacial score (nSPS) is 7.58. The molecule has 0 heterocycles. The molecule has 2 N–H and O–H groups in total. The molecule has 0 radical (unpaired) electrons. The number of nitrogens with two attached hydrogens (primary N) is 1. The molecule has 0 bridgehead atoms. The molecule has 0 amide bonds. The van der Waals surface area contributed by atoms with Gasteiger partial charge in [0.25, 0.3) is 0 Å². The van der Waals surface area contributed by atoms with Gasteiger partial charge in [-0.2, -0.15) is 0 Å². The summed E-state index contributed by atoms with van der Waals surface area (Å²) >= 11 is 0. The van der Waals surface area contributed by atoms with Gasteiger partial charge in [0.05, 0.1) is 0 Å². The van der Waals surface area contributed by atoms with E-state index < -0.39 is 0 Å². The van der Waals surface area contributed by atoms with Crippen LogP contribution in [0.15, 0.2) is 24.8 Å². The number of carbonyl (C=O) groups is 1. The van der Waals surface area contributed by atoms with E-state index in [-0.39, 0.29) is 12.6 Å². The maximum Gasteiger partial charge on any atom is 0.333 e. The van der Waals surface area contributed by atoms with Gasteiger partial charge in [-0.25, -0.2) is 4.79 Å². The smallest absolute Gasteiger partial charge is 0.333 e. The number of hydrogen-bond acceptors (Lipinski definition) is 3. The van der Waals surface area contributed by atoms with Crippen molar-refractivity contribution in [3.8, 4) is 0 Å². The summed E-state index contributed by atoms with van der Waals surface area (Å²) in [5, 5.41) is 0. The van der Waals surface area contributed by atoms with E-state index in [4.69, 9.17) is 5.73 Å². The Labute approximate surface area is 73.9 Å². The van der Waals surface area contributed by atoms with Gasteiger partial charge in [0.1, 0.15) is 6.61 Å². The number of ether oxygens (including phenoxy) is 1. The molecule has 0 unspecified atom stereocenters. The van der Waals surface area contributed by atoms with Crippen molar-refractivity contribution in [2.75, 3.05) is 13.2 Å². The molecule has 0 aromatic heterocycles. The zero-order valence-electron chi connectivity index (χ0n) is 7.80. The van der Waals surface area contributed by atoms with Crippen molar-refractivity contribution in [1.82, 2.24) is 0 Å². The van der Waals surface area contributed by atoms with E-state index in [1.165, 1.54) is 0 Å². The summed E-state index contributed by atoms with van der Waals surface area (Å²) in [6.07, 6.45) is 1.75. The second-order valence-corrected chi connectivity index (χ2v) is 2.11. The van der Waals surface area contributed by atoms with E-state index in [2.05, 4.69) is 17.9 Å². The molecule has 0 atom stereocenters. The van der Waals surface area contributed by atoms with Crippen molar-refractivity contribution < 1.29 is 9.53 Å². The topological polar surface area (TPSA) is 52.3 Å². The molecule has 0 spiro atoms. The molecule has 0 aromatic rings. The summed E-state index contributed by atoms with van der Waals surface area (Å²) in [7, 11) is 0. The van der Waals surface area contributed by atoms with Crippen molar-refractivity contribution in [1.29, 1.82) is 0 Å². The Kier molecular flexibility index (Phi) is 11.1. The highest BCUT2D eigenvalue weighted by atomic mass is 16.5. The second-order valence-electron chi connectivity index (χ2n) is 2.11. The summed E-state index contributed by atoms with van der Waals surface area (Å²) in [6.45, 7) is 10.9. The highest BCUT2D eigenvalue weighted by molar-refractivity contribution is 5.86. The van der Waals surface area contributed by atoms with Crippen LogP contribution < -0.4 is 5.73 Å². The van der Waals surface area contributed by atoms with Gasteiger partial charge in [-0.3, -0.25) is 0 Å². The first kappa shape index (κ1) is 13.5. The van der Waals surface area contributed by atoms with Crippen LogP contribution in [-0.4, -0.2) is 19.1 Å². The zero-order valence-corrected chi connectivity index (χ0v) is 7.80. The lowest BCUT2D eigenvalue weighted by Crippen LogP contribution is -2.13. The summed E-state index contributed by atoms with van der Waals surface area (Å²) in [4.78, 5) is 10.5. The molecule has 12 heavy (non-hydrogen) atoms. The van der Waals surface area contributed by atoms with Crippen molar-refractivity contribution >= 4 is 5.97 Å². The first-order chi connectivity index (χ1) is 5.59. The third kappa shape index (κ3) is 11.7. The van der Waals surface area contributed by atoms with Crippen LogP contribution in [0, 0.1) is 0 Å². The van der Waals surface area contributed by atoms with Gasteiger partial charge >= 0.3 is 5.97 Å². The minimum atomic E-state index is -0.375. The number of carbonyl (C=O) groups excluding carboxylic acids is 1. The molecule has 70 valence electrons. The summed E-state index contributed by atoms with van der Waals surface area (Å²) in [6, 6.07) is 0. The van der Waals surface area contributed by atoms with Crippen LogP contribution in [0.3, 0.4) is 0 Å². The van der Waals surface area contributed by atoms with E-state index in [0.717, 1.165) is 0 Å². The molecule has 0 saturated heterocycles. The minimum Gasteiger partial charge on any atom is -0.461 e. The van der Waals surface area contributed by atoms with Gasteiger partial charge in [0, 0.05) is 12.1 Å². The van der Waals surface area contributed by atoms with E-state index in [9.17, 15) is 4.79 Å². The van der Waals surface area contributed by atoms with Gasteiger partial charge in [0.2, 0.25) is 0 Å². The van der Waals surface area contributed by atoms with E-state index in [0.29, 0.717) is 12.1 Å². The van der Waals surface area contributed by atoms with Crippen LogP contribution in [0.1, 0.15) is 13.8 Å². The quantitative estimate of drug-likeness (QED) is 0.395. The van der Waals surface area contributed by atoms with Crippen LogP contribution in [0.2, 0.25) is 0 Å². The Hall–Kier alpha value is -1.09. The van der Waals surface area contributed by atoms with Crippen LogP contribution in [0.5, 0.6) is 0 Å². The predicted octanol–water partition coefficient (Wildman–Crippen LogP) is 1.26. The van der Waals surface area contributed by atoms with Crippen molar-refractivity contribution in [2.24, 2.45) is 5.73 Å². The molecule has 0 fully saturated rings. The second kappa shape index (κ2) is 9.91. The standard InChI is InChI=1S/C6H11NO2.C3H6/c1-5(2)6(8)9-4-3-7;1-3-2/h1,3-4,7H2,2H3;3H,1H2,2H3. The van der Waals surface area contributed by atoms with Crippen LogP contribution >= 0.6 is 0 Å². The van der Waals surface area contributed by atoms with Crippen LogP contribution in [0.4, 0.5) is 0 Å². The van der Waals surface area contributed by atoms with Gasteiger partial charge in [-0.1, -0.05) is 12.7 Å². The molecule has 0 aliphatic heterocycles. The maximum atomic E-state index is 10.5. The highest BCUT2D eigenvalue weighted by Gasteiger charge is 1.99. The average Bonchev–Trinajstić information content (AvgIpc) is 2.01. The number of hydrogen-bond donors (Lipinski definition) is 1. The fourth-order valence-corrected chi connectivity index (χ4v) is 0.275. The van der Waals surface area contributed by atoms with Crippen molar-refractivity contribution in [3.05, 3.63) is 24.8 Å². The number of esters is 1. The van der Waals surface area contributed by atoms with Crippen LogP contribution in [0.25, 0.3) is 0 Å². The van der Waals surface area contributed by atoms with E-state index in [1.807, 2.05) is 6.92 Å². The maximum absolute atomic E-state index is 10.5. The van der Waals surface area contributed by atoms with Gasteiger partial charge in [-0.15, -0.1) is 6.58 Å². The van der Waals surface area contributed by atoms with Crippen molar-refractivity contribution in [3.63, 3.8) is 0 Å². The van der Waals surface area contributed by atoms with Gasteiger partial charge in [-0.05, 0) is 13.8 Å². The lowest BCUT2D eigenvalue weighted by Gasteiger charge is -1.99. The molecule has 3 nitrogen and oxygen atoms in total. The average molecular weight is 171 g/mol. The molecule has 3 heteroatoms. The fourth-order valence-electron chi connectivity index (χ4n) is 0.275. The van der Waals surface area contributed by atoms with Crippen molar-refractivity contribution in [2.45, 2.75) is 13.8 Å². The Balaban J connectivity index is 0. The molecule has 0 aromatic carbocycles. The molecule has 0 saturated carbocycles.